The van der Waals surface area contributed by atoms with Gasteiger partial charge < -0.3 is 14.7 Å². The summed E-state index contributed by atoms with van der Waals surface area (Å²) in [4.78, 5) is 9.16. The number of nitrogens with zero attached hydrogens (tertiary/aromatic N) is 2. The van der Waals surface area contributed by atoms with E-state index in [1.807, 2.05) is 68.6 Å². The van der Waals surface area contributed by atoms with Gasteiger partial charge in [0, 0.05) is 38.6 Å². The van der Waals surface area contributed by atoms with E-state index in [9.17, 15) is 0 Å². The van der Waals surface area contributed by atoms with Gasteiger partial charge in [0.2, 0.25) is 0 Å². The second-order valence-electron chi connectivity index (χ2n) is 13.3. The van der Waals surface area contributed by atoms with Crippen molar-refractivity contribution in [2.75, 3.05) is 7.11 Å². The minimum absolute atomic E-state index is 0. The molecule has 0 bridgehead atoms. The fraction of sp³-hybridized carbons (Fsp3) is 0.163. The van der Waals surface area contributed by atoms with Crippen LogP contribution in [0.3, 0.4) is 0 Å². The topological polar surface area (TPSA) is 35.0 Å². The summed E-state index contributed by atoms with van der Waals surface area (Å²) in [6.07, 6.45) is 3.82. The van der Waals surface area contributed by atoms with E-state index in [4.69, 9.17) is 6.11 Å². The SMILES string of the molecule is C[Si](C)(C)c1ccc(-c2[c-]cccc2)nc1.[2H]C(C)(C)c1ccnc(-c2[c-]ccc3c2sc2c4cc5ccc(OC)cc5cc4ccc32)c1.[Ir]. The first-order valence-electron chi connectivity index (χ1n) is 16.7. The third-order valence-corrected chi connectivity index (χ3v) is 12.1. The largest absolute Gasteiger partial charge is 0.497 e. The van der Waals surface area contributed by atoms with Gasteiger partial charge >= 0.3 is 0 Å². The van der Waals surface area contributed by atoms with Crippen LogP contribution in [0.2, 0.25) is 19.6 Å². The first-order chi connectivity index (χ1) is 23.5. The number of thiophene rings is 1. The number of pyridine rings is 2. The minimum Gasteiger partial charge on any atom is -0.497 e. The Hall–Kier alpha value is -4.19. The molecule has 0 unspecified atom stereocenters. The zero-order chi connectivity index (χ0) is 34.3. The van der Waals surface area contributed by atoms with Crippen LogP contribution >= 0.6 is 11.3 Å². The predicted octanol–water partition coefficient (Wildman–Crippen LogP) is 11.4. The van der Waals surface area contributed by atoms with Crippen LogP contribution < -0.4 is 9.92 Å². The number of hydrogen-bond donors (Lipinski definition) is 0. The quantitative estimate of drug-likeness (QED) is 0.0983. The number of hydrogen-bond acceptors (Lipinski definition) is 4. The van der Waals surface area contributed by atoms with Crippen molar-refractivity contribution in [1.29, 1.82) is 0 Å². The van der Waals surface area contributed by atoms with Crippen LogP contribution in [0.5, 0.6) is 5.75 Å². The molecule has 0 fully saturated rings. The normalized spacial score (nSPS) is 12.0. The van der Waals surface area contributed by atoms with Gasteiger partial charge in [0.1, 0.15) is 5.75 Å². The van der Waals surface area contributed by atoms with E-state index >= 15 is 0 Å². The molecule has 0 aliphatic heterocycles. The molecule has 0 spiro atoms. The van der Waals surface area contributed by atoms with Crippen LogP contribution in [-0.2, 0) is 20.1 Å². The van der Waals surface area contributed by atoms with Gasteiger partial charge in [-0.05, 0) is 84.4 Å². The molecule has 0 aliphatic carbocycles. The summed E-state index contributed by atoms with van der Waals surface area (Å²) in [5, 5.41) is 8.72. The molecule has 3 nitrogen and oxygen atoms in total. The fourth-order valence-corrected chi connectivity index (χ4v) is 8.36. The van der Waals surface area contributed by atoms with Crippen molar-refractivity contribution in [3.63, 3.8) is 0 Å². The summed E-state index contributed by atoms with van der Waals surface area (Å²) in [6, 6.07) is 42.1. The zero-order valence-corrected chi connectivity index (χ0v) is 32.7. The van der Waals surface area contributed by atoms with Gasteiger partial charge in [0.15, 0.2) is 0 Å². The van der Waals surface area contributed by atoms with Crippen molar-refractivity contribution < 1.29 is 26.2 Å². The predicted molar refractivity (Wildman–Crippen MR) is 209 cm³/mol. The second-order valence-corrected chi connectivity index (χ2v) is 19.4. The standard InChI is InChI=1S/C29H22NOS.C14H16NSi.Ir/c1-17(2)18-11-12-30-27(16-18)25-6-4-5-23-24-10-8-20-13-21-14-22(31-3)9-7-19(21)15-26(20)29(24)32-28(23)25;1-16(2,3)13-9-10-14(15-11-13)12-7-5-4-6-8-12;/h4-5,7-17H,1-3H3;4-7,9-11H,1-3H3;/q2*-1;/i17D;;. The maximum absolute atomic E-state index is 8.42. The molecule has 3 aromatic heterocycles. The zero-order valence-electron chi connectivity index (χ0n) is 29.5. The summed E-state index contributed by atoms with van der Waals surface area (Å²) in [7, 11) is 0.472. The summed E-state index contributed by atoms with van der Waals surface area (Å²) in [5.41, 5.74) is 4.88. The monoisotopic (exact) mass is 852 g/mol. The van der Waals surface area contributed by atoms with Gasteiger partial charge in [-0.25, -0.2) is 0 Å². The van der Waals surface area contributed by atoms with Crippen LogP contribution in [0.4, 0.5) is 0 Å². The van der Waals surface area contributed by atoms with Gasteiger partial charge in [-0.15, -0.1) is 59.7 Å². The number of rotatable bonds is 5. The van der Waals surface area contributed by atoms with Gasteiger partial charge in [0.25, 0.3) is 0 Å². The number of benzene rings is 5. The van der Waals surface area contributed by atoms with E-state index in [1.54, 1.807) is 24.6 Å². The molecule has 8 aromatic rings. The number of aromatic nitrogens is 2. The Kier molecular flexibility index (Phi) is 9.75. The molecule has 0 aliphatic rings. The maximum Gasteiger partial charge on any atom is 0.119 e. The molecule has 1 radical (unpaired) electrons. The van der Waals surface area contributed by atoms with E-state index in [0.29, 0.717) is 0 Å². The summed E-state index contributed by atoms with van der Waals surface area (Å²) in [6.45, 7) is 10.8. The Morgan fingerprint density at radius 1 is 0.735 bits per heavy atom. The molecule has 8 rings (SSSR count). The Balaban J connectivity index is 0.000000215. The summed E-state index contributed by atoms with van der Waals surface area (Å²) in [5.74, 6) is 0.196. The van der Waals surface area contributed by atoms with Crippen LogP contribution in [0, 0.1) is 12.1 Å². The molecule has 0 amide bonds. The van der Waals surface area contributed by atoms with Gasteiger partial charge in [-0.3, -0.25) is 0 Å². The molecule has 0 atom stereocenters. The number of methoxy groups -OCH3 is 1. The number of ether oxygens (including phenoxy) is 1. The molecule has 0 saturated carbocycles. The number of fused-ring (bicyclic) bond motifs is 6. The molecule has 6 heteroatoms. The Bertz CT molecular complexity index is 2450. The van der Waals surface area contributed by atoms with Crippen molar-refractivity contribution in [1.82, 2.24) is 9.97 Å². The van der Waals surface area contributed by atoms with E-state index in [2.05, 4.69) is 96.3 Å². The van der Waals surface area contributed by atoms with E-state index in [1.165, 1.54) is 46.9 Å². The summed E-state index contributed by atoms with van der Waals surface area (Å²) < 4.78 is 16.3. The average molecular weight is 852 g/mol. The first kappa shape index (κ1) is 33.3. The average Bonchev–Trinajstić information content (AvgIpc) is 3.50. The van der Waals surface area contributed by atoms with Crippen molar-refractivity contribution in [3.05, 3.63) is 133 Å². The van der Waals surface area contributed by atoms with Crippen LogP contribution in [0.15, 0.2) is 116 Å². The van der Waals surface area contributed by atoms with Gasteiger partial charge in [0.05, 0.1) is 15.2 Å². The third-order valence-electron chi connectivity index (χ3n) is 8.79. The Labute approximate surface area is 308 Å². The molecular formula is C43H38IrN2OSSi-2. The van der Waals surface area contributed by atoms with Crippen molar-refractivity contribution in [3.8, 4) is 28.3 Å². The van der Waals surface area contributed by atoms with E-state index < -0.39 is 14.0 Å². The third kappa shape index (κ3) is 7.11. The molecule has 3 heterocycles. The minimum atomic E-state index is -1.23. The van der Waals surface area contributed by atoms with Crippen molar-refractivity contribution in [2.45, 2.75) is 39.4 Å². The van der Waals surface area contributed by atoms with Crippen molar-refractivity contribution >= 4 is 66.3 Å². The Morgan fingerprint density at radius 2 is 1.55 bits per heavy atom. The first-order valence-corrected chi connectivity index (χ1v) is 20.5. The van der Waals surface area contributed by atoms with Crippen LogP contribution in [0.1, 0.15) is 26.7 Å². The molecule has 49 heavy (non-hydrogen) atoms. The smallest absolute Gasteiger partial charge is 0.119 e. The van der Waals surface area contributed by atoms with Crippen LogP contribution in [-0.4, -0.2) is 25.2 Å². The molecule has 247 valence electrons. The van der Waals surface area contributed by atoms with Crippen molar-refractivity contribution in [2.24, 2.45) is 0 Å². The second kappa shape index (κ2) is 14.3. The Morgan fingerprint density at radius 3 is 2.27 bits per heavy atom. The summed E-state index contributed by atoms with van der Waals surface area (Å²) >= 11 is 1.80. The van der Waals surface area contributed by atoms with E-state index in [0.717, 1.165) is 33.8 Å². The fourth-order valence-electron chi connectivity index (χ4n) is 5.99. The molecule has 0 N–H and O–H groups in total. The van der Waals surface area contributed by atoms with Crippen LogP contribution in [0.25, 0.3) is 64.2 Å². The molecule has 5 aromatic carbocycles. The van der Waals surface area contributed by atoms with Gasteiger partial charge in [-0.1, -0.05) is 80.8 Å². The van der Waals surface area contributed by atoms with Gasteiger partial charge in [-0.2, -0.15) is 11.3 Å². The maximum atomic E-state index is 8.42. The van der Waals surface area contributed by atoms with E-state index in [-0.39, 0.29) is 20.1 Å². The molecular weight excluding hydrogens is 813 g/mol. The molecule has 0 saturated heterocycles.